The van der Waals surface area contributed by atoms with Crippen LogP contribution in [-0.2, 0) is 5.60 Å². The van der Waals surface area contributed by atoms with E-state index in [0.29, 0.717) is 17.9 Å². The molecule has 0 spiro atoms. The van der Waals surface area contributed by atoms with Crippen molar-refractivity contribution < 1.29 is 5.11 Å². The van der Waals surface area contributed by atoms with Crippen LogP contribution in [0.4, 0.5) is 5.82 Å². The predicted molar refractivity (Wildman–Crippen MR) is 71.3 cm³/mol. The molecule has 0 bridgehead atoms. The molecule has 0 aliphatic rings. The number of hydrogen-bond donors (Lipinski definition) is 2. The average molecular weight is 259 g/mol. The predicted octanol–water partition coefficient (Wildman–Crippen LogP) is 2.33. The van der Waals surface area contributed by atoms with Crippen LogP contribution in [0.2, 0.25) is 0 Å². The number of nitrogens with one attached hydrogen (secondary N) is 1. The van der Waals surface area contributed by atoms with E-state index in [1.54, 1.807) is 36.6 Å². The Labute approximate surface area is 110 Å². The molecule has 0 saturated carbocycles. The lowest BCUT2D eigenvalue weighted by atomic mass is 9.99. The molecule has 2 aromatic heterocycles. The van der Waals surface area contributed by atoms with Gasteiger partial charge in [0.05, 0.1) is 5.56 Å². The third kappa shape index (κ3) is 2.67. The molecule has 0 aliphatic carbocycles. The number of nitrogens with zero attached hydrogens (tertiary/aromatic N) is 2. The summed E-state index contributed by atoms with van der Waals surface area (Å²) in [5, 5.41) is 26.1. The van der Waals surface area contributed by atoms with Gasteiger partial charge in [0.1, 0.15) is 17.5 Å². The second-order valence-corrected chi connectivity index (χ2v) is 4.93. The summed E-state index contributed by atoms with van der Waals surface area (Å²) in [7, 11) is 0. The molecule has 2 N–H and O–H groups in total. The Hall–Kier alpha value is -1.90. The minimum Gasteiger partial charge on any atom is -0.384 e. The van der Waals surface area contributed by atoms with Crippen LogP contribution in [0, 0.1) is 11.3 Å². The molecule has 2 aromatic rings. The van der Waals surface area contributed by atoms with Crippen molar-refractivity contribution in [3.63, 3.8) is 0 Å². The summed E-state index contributed by atoms with van der Waals surface area (Å²) in [6, 6.07) is 7.35. The lowest BCUT2D eigenvalue weighted by molar-refractivity contribution is 0.0719. The number of aliphatic hydroxyl groups is 1. The summed E-state index contributed by atoms with van der Waals surface area (Å²) < 4.78 is 0. The van der Waals surface area contributed by atoms with E-state index in [9.17, 15) is 5.11 Å². The number of nitriles is 1. The number of anilines is 1. The first-order valence-corrected chi connectivity index (χ1v) is 6.42. The maximum Gasteiger partial charge on any atom is 0.143 e. The van der Waals surface area contributed by atoms with Crippen LogP contribution < -0.4 is 5.32 Å². The van der Waals surface area contributed by atoms with Gasteiger partial charge in [-0.1, -0.05) is 0 Å². The van der Waals surface area contributed by atoms with Gasteiger partial charge in [-0.05, 0) is 41.4 Å². The molecule has 0 saturated heterocycles. The fraction of sp³-hybridized carbons (Fsp3) is 0.231. The summed E-state index contributed by atoms with van der Waals surface area (Å²) in [5.74, 6) is 0.496. The second kappa shape index (κ2) is 5.17. The Morgan fingerprint density at radius 3 is 3.06 bits per heavy atom. The molecule has 0 radical (unpaired) electrons. The van der Waals surface area contributed by atoms with Crippen LogP contribution in [0.15, 0.2) is 35.2 Å². The number of aromatic nitrogens is 1. The second-order valence-electron chi connectivity index (χ2n) is 4.15. The third-order valence-electron chi connectivity index (χ3n) is 2.67. The van der Waals surface area contributed by atoms with Gasteiger partial charge in [0.25, 0.3) is 0 Å². The molecule has 0 unspecified atom stereocenters. The Kier molecular flexibility index (Phi) is 3.60. The standard InChI is InChI=1S/C13H13N3OS/c1-13(17,11-4-6-18-8-11)9-16-12-10(7-14)3-2-5-15-12/h2-6,8,17H,9H2,1H3,(H,15,16)/t13-/m1/s1. The first-order valence-electron chi connectivity index (χ1n) is 5.47. The van der Waals surface area contributed by atoms with E-state index in [0.717, 1.165) is 5.56 Å². The highest BCUT2D eigenvalue weighted by Crippen LogP contribution is 2.23. The zero-order valence-corrected chi connectivity index (χ0v) is 10.7. The molecule has 0 aromatic carbocycles. The van der Waals surface area contributed by atoms with E-state index in [1.165, 1.54) is 0 Å². The van der Waals surface area contributed by atoms with Crippen molar-refractivity contribution in [2.45, 2.75) is 12.5 Å². The Morgan fingerprint density at radius 1 is 1.56 bits per heavy atom. The van der Waals surface area contributed by atoms with Crippen molar-refractivity contribution in [2.75, 3.05) is 11.9 Å². The van der Waals surface area contributed by atoms with Gasteiger partial charge < -0.3 is 10.4 Å². The molecule has 4 nitrogen and oxygen atoms in total. The van der Waals surface area contributed by atoms with E-state index >= 15 is 0 Å². The Morgan fingerprint density at radius 2 is 2.39 bits per heavy atom. The van der Waals surface area contributed by atoms with Gasteiger partial charge >= 0.3 is 0 Å². The fourth-order valence-corrected chi connectivity index (χ4v) is 2.35. The molecule has 0 amide bonds. The maximum absolute atomic E-state index is 10.3. The average Bonchev–Trinajstić information content (AvgIpc) is 2.91. The van der Waals surface area contributed by atoms with Crippen LogP contribution in [0.25, 0.3) is 0 Å². The molecule has 18 heavy (non-hydrogen) atoms. The smallest absolute Gasteiger partial charge is 0.143 e. The van der Waals surface area contributed by atoms with Crippen LogP contribution in [0.3, 0.4) is 0 Å². The van der Waals surface area contributed by atoms with Gasteiger partial charge in [-0.3, -0.25) is 0 Å². The highest BCUT2D eigenvalue weighted by molar-refractivity contribution is 7.08. The lowest BCUT2D eigenvalue weighted by Crippen LogP contribution is -2.30. The zero-order chi connectivity index (χ0) is 13.0. The first kappa shape index (κ1) is 12.6. The molecule has 0 fully saturated rings. The maximum atomic E-state index is 10.3. The lowest BCUT2D eigenvalue weighted by Gasteiger charge is -2.23. The molecule has 92 valence electrons. The van der Waals surface area contributed by atoms with Gasteiger partial charge in [0.2, 0.25) is 0 Å². The topological polar surface area (TPSA) is 68.9 Å². The van der Waals surface area contributed by atoms with E-state index in [1.807, 2.05) is 16.8 Å². The van der Waals surface area contributed by atoms with Crippen molar-refractivity contribution in [1.29, 1.82) is 5.26 Å². The van der Waals surface area contributed by atoms with Crippen LogP contribution >= 0.6 is 11.3 Å². The SMILES string of the molecule is C[C@@](O)(CNc1ncccc1C#N)c1ccsc1. The molecule has 2 heterocycles. The van der Waals surface area contributed by atoms with Gasteiger partial charge in [0.15, 0.2) is 0 Å². The summed E-state index contributed by atoms with van der Waals surface area (Å²) >= 11 is 1.54. The Balaban J connectivity index is 2.10. The van der Waals surface area contributed by atoms with E-state index < -0.39 is 5.60 Å². The highest BCUT2D eigenvalue weighted by atomic mass is 32.1. The van der Waals surface area contributed by atoms with Gasteiger partial charge in [-0.2, -0.15) is 16.6 Å². The van der Waals surface area contributed by atoms with Gasteiger partial charge in [-0.15, -0.1) is 0 Å². The number of rotatable bonds is 4. The number of pyridine rings is 1. The number of hydrogen-bond acceptors (Lipinski definition) is 5. The third-order valence-corrected chi connectivity index (χ3v) is 3.35. The van der Waals surface area contributed by atoms with Crippen LogP contribution in [-0.4, -0.2) is 16.6 Å². The largest absolute Gasteiger partial charge is 0.384 e. The summed E-state index contributed by atoms with van der Waals surface area (Å²) in [6.07, 6.45) is 1.61. The Bertz CT molecular complexity index is 558. The van der Waals surface area contributed by atoms with Crippen molar-refractivity contribution >= 4 is 17.2 Å². The van der Waals surface area contributed by atoms with E-state index in [4.69, 9.17) is 5.26 Å². The number of thiophene rings is 1. The first-order chi connectivity index (χ1) is 8.63. The van der Waals surface area contributed by atoms with Crippen LogP contribution in [0.1, 0.15) is 18.1 Å². The van der Waals surface area contributed by atoms with Gasteiger partial charge in [0, 0.05) is 12.7 Å². The van der Waals surface area contributed by atoms with Gasteiger partial charge in [-0.25, -0.2) is 4.98 Å². The summed E-state index contributed by atoms with van der Waals surface area (Å²) in [4.78, 5) is 4.09. The highest BCUT2D eigenvalue weighted by Gasteiger charge is 2.23. The van der Waals surface area contributed by atoms with E-state index in [2.05, 4.69) is 16.4 Å². The van der Waals surface area contributed by atoms with Crippen molar-refractivity contribution in [2.24, 2.45) is 0 Å². The molecular formula is C13H13N3OS. The normalized spacial score (nSPS) is 13.6. The molecule has 2 rings (SSSR count). The quantitative estimate of drug-likeness (QED) is 0.884. The van der Waals surface area contributed by atoms with Crippen LogP contribution in [0.5, 0.6) is 0 Å². The van der Waals surface area contributed by atoms with Crippen molar-refractivity contribution in [1.82, 2.24) is 4.98 Å². The van der Waals surface area contributed by atoms with Crippen molar-refractivity contribution in [3.05, 3.63) is 46.3 Å². The van der Waals surface area contributed by atoms with E-state index in [-0.39, 0.29) is 0 Å². The molecular weight excluding hydrogens is 246 g/mol. The monoisotopic (exact) mass is 259 g/mol. The molecule has 1 atom stereocenters. The molecule has 0 aliphatic heterocycles. The van der Waals surface area contributed by atoms with Crippen molar-refractivity contribution in [3.8, 4) is 6.07 Å². The minimum absolute atomic E-state index is 0.301. The molecule has 5 heteroatoms. The summed E-state index contributed by atoms with van der Waals surface area (Å²) in [5.41, 5.74) is 0.345. The fourth-order valence-electron chi connectivity index (χ4n) is 1.57. The zero-order valence-electron chi connectivity index (χ0n) is 9.92. The minimum atomic E-state index is -0.982. The summed E-state index contributed by atoms with van der Waals surface area (Å²) in [6.45, 7) is 2.03.